The van der Waals surface area contributed by atoms with Crippen molar-refractivity contribution in [1.29, 1.82) is 0 Å². The predicted octanol–water partition coefficient (Wildman–Crippen LogP) is 2.51. The van der Waals surface area contributed by atoms with Gasteiger partial charge in [-0.3, -0.25) is 9.69 Å². The van der Waals surface area contributed by atoms with Gasteiger partial charge in [0.05, 0.1) is 31.7 Å². The molecular weight excluding hydrogens is 650 g/mol. The monoisotopic (exact) mass is 699 g/mol. The van der Waals surface area contributed by atoms with Crippen LogP contribution in [0.15, 0.2) is 24.8 Å². The van der Waals surface area contributed by atoms with Gasteiger partial charge < -0.3 is 34.0 Å². The van der Waals surface area contributed by atoms with E-state index in [9.17, 15) is 19.2 Å². The molecule has 2 aromatic heterocycles. The molecule has 0 aromatic carbocycles. The van der Waals surface area contributed by atoms with Gasteiger partial charge >= 0.3 is 18.2 Å². The maximum Gasteiger partial charge on any atom is 0.420 e. The Morgan fingerprint density at radius 1 is 0.720 bits per heavy atom. The zero-order chi connectivity index (χ0) is 36.5. The Morgan fingerprint density at radius 2 is 1.20 bits per heavy atom. The van der Waals surface area contributed by atoms with Crippen LogP contribution in [-0.4, -0.2) is 147 Å². The lowest BCUT2D eigenvalue weighted by molar-refractivity contribution is -0.132. The number of ether oxygens (including phenoxy) is 3. The van der Waals surface area contributed by atoms with E-state index in [2.05, 4.69) is 24.8 Å². The molecular formula is C33H49N9O8. The summed E-state index contributed by atoms with van der Waals surface area (Å²) in [6.45, 7) is 17.1. The third-order valence-corrected chi connectivity index (χ3v) is 7.73. The highest BCUT2D eigenvalue weighted by atomic mass is 16.6. The first-order valence-corrected chi connectivity index (χ1v) is 16.8. The summed E-state index contributed by atoms with van der Waals surface area (Å²) in [5, 5.41) is 9.02. The number of hydrogen-bond donors (Lipinski definition) is 1. The SMILES string of the molecule is CC(C)(C)OC(=O)N(Cc1cnc(N2CCN(C(=O)CCOCCN3CCN(c4ncc(C(=O)O)cn4)CC3)CC2)nc1)C(=O)OC(C)(C)C. The fourth-order valence-electron chi connectivity index (χ4n) is 5.15. The summed E-state index contributed by atoms with van der Waals surface area (Å²) in [5.41, 5.74) is -1.01. The van der Waals surface area contributed by atoms with E-state index in [-0.39, 0.29) is 18.0 Å². The second-order valence-corrected chi connectivity index (χ2v) is 14.1. The number of carbonyl (C=O) groups excluding carboxylic acids is 3. The van der Waals surface area contributed by atoms with Crippen LogP contribution < -0.4 is 9.80 Å². The summed E-state index contributed by atoms with van der Waals surface area (Å²) < 4.78 is 16.6. The van der Waals surface area contributed by atoms with Crippen molar-refractivity contribution >= 4 is 36.0 Å². The molecule has 0 aliphatic carbocycles. The summed E-state index contributed by atoms with van der Waals surface area (Å²) in [7, 11) is 0. The second kappa shape index (κ2) is 16.8. The highest BCUT2D eigenvalue weighted by Gasteiger charge is 2.32. The van der Waals surface area contributed by atoms with Gasteiger partial charge in [-0.05, 0) is 41.5 Å². The zero-order valence-electron chi connectivity index (χ0n) is 29.8. The molecule has 2 fully saturated rings. The lowest BCUT2D eigenvalue weighted by Gasteiger charge is -2.35. The Kier molecular flexibility index (Phi) is 12.9. The van der Waals surface area contributed by atoms with Crippen molar-refractivity contribution in [3.8, 4) is 0 Å². The summed E-state index contributed by atoms with van der Waals surface area (Å²) in [4.78, 5) is 75.7. The average molecular weight is 700 g/mol. The molecule has 0 saturated carbocycles. The molecule has 2 saturated heterocycles. The molecule has 0 radical (unpaired) electrons. The van der Waals surface area contributed by atoms with Gasteiger partial charge in [0, 0.05) is 89.3 Å². The normalized spacial score (nSPS) is 15.8. The smallest absolute Gasteiger partial charge is 0.420 e. The number of aromatic nitrogens is 4. The number of rotatable bonds is 11. The molecule has 2 aromatic rings. The highest BCUT2D eigenvalue weighted by Crippen LogP contribution is 2.18. The minimum Gasteiger partial charge on any atom is -0.478 e. The number of imide groups is 1. The van der Waals surface area contributed by atoms with Gasteiger partial charge in [0.25, 0.3) is 0 Å². The van der Waals surface area contributed by atoms with Crippen molar-refractivity contribution in [3.63, 3.8) is 0 Å². The van der Waals surface area contributed by atoms with Crippen LogP contribution >= 0.6 is 0 Å². The largest absolute Gasteiger partial charge is 0.478 e. The number of anilines is 2. The molecule has 50 heavy (non-hydrogen) atoms. The van der Waals surface area contributed by atoms with Gasteiger partial charge in [-0.15, -0.1) is 0 Å². The van der Waals surface area contributed by atoms with Crippen molar-refractivity contribution < 1.29 is 38.5 Å². The fourth-order valence-corrected chi connectivity index (χ4v) is 5.15. The summed E-state index contributed by atoms with van der Waals surface area (Å²) in [6, 6.07) is 0. The van der Waals surface area contributed by atoms with Crippen molar-refractivity contribution in [3.05, 3.63) is 35.9 Å². The van der Waals surface area contributed by atoms with Crippen LogP contribution in [0.1, 0.15) is 63.9 Å². The van der Waals surface area contributed by atoms with Gasteiger partial charge in [-0.2, -0.15) is 0 Å². The number of piperazine rings is 2. The molecule has 1 N–H and O–H groups in total. The average Bonchev–Trinajstić information content (AvgIpc) is 3.06. The van der Waals surface area contributed by atoms with E-state index in [1.807, 2.05) is 14.7 Å². The van der Waals surface area contributed by atoms with E-state index in [4.69, 9.17) is 19.3 Å². The van der Waals surface area contributed by atoms with Crippen LogP contribution in [0.5, 0.6) is 0 Å². The Morgan fingerprint density at radius 3 is 1.68 bits per heavy atom. The van der Waals surface area contributed by atoms with Crippen molar-refractivity contribution in [1.82, 2.24) is 34.6 Å². The molecule has 4 heterocycles. The van der Waals surface area contributed by atoms with E-state index < -0.39 is 29.4 Å². The first-order valence-electron chi connectivity index (χ1n) is 16.8. The Labute approximate surface area is 292 Å². The molecule has 0 atom stereocenters. The predicted molar refractivity (Wildman–Crippen MR) is 182 cm³/mol. The van der Waals surface area contributed by atoms with Crippen LogP contribution in [0.2, 0.25) is 0 Å². The summed E-state index contributed by atoms with van der Waals surface area (Å²) in [6.07, 6.45) is 4.43. The van der Waals surface area contributed by atoms with Gasteiger partial charge in [0.15, 0.2) is 0 Å². The molecule has 2 aliphatic heterocycles. The Hall–Kier alpha value is -4.64. The molecule has 17 nitrogen and oxygen atoms in total. The van der Waals surface area contributed by atoms with E-state index in [0.717, 1.165) is 37.6 Å². The first-order chi connectivity index (χ1) is 23.6. The number of carboxylic acid groups (broad SMARTS) is 1. The molecule has 0 unspecified atom stereocenters. The topological polar surface area (TPSA) is 184 Å². The number of carboxylic acids is 1. The first kappa shape index (κ1) is 38.2. The zero-order valence-corrected chi connectivity index (χ0v) is 29.8. The highest BCUT2D eigenvalue weighted by molar-refractivity contribution is 5.88. The Bertz CT molecular complexity index is 1420. The van der Waals surface area contributed by atoms with Gasteiger partial charge in [0.1, 0.15) is 11.2 Å². The van der Waals surface area contributed by atoms with Crippen LogP contribution in [0.4, 0.5) is 21.5 Å². The standard InChI is InChI=1S/C33H49N9O8/c1-32(2,3)49-30(46)42(31(47)50-33(4,5)6)23-24-19-34-28(35-20-24)41-14-12-39(13-15-41)26(43)7-17-48-18-16-38-8-10-40(11-9-38)29-36-21-25(22-37-29)27(44)45/h19-22H,7-18,23H2,1-6H3,(H,44,45). The third kappa shape index (κ3) is 11.8. The number of aromatic carboxylic acids is 1. The Balaban J connectivity index is 1.14. The summed E-state index contributed by atoms with van der Waals surface area (Å²) >= 11 is 0. The number of nitrogens with zero attached hydrogens (tertiary/aromatic N) is 9. The maximum absolute atomic E-state index is 12.8. The number of hydrogen-bond acceptors (Lipinski definition) is 14. The van der Waals surface area contributed by atoms with Crippen LogP contribution in [0.25, 0.3) is 0 Å². The van der Waals surface area contributed by atoms with Crippen LogP contribution in [0.3, 0.4) is 0 Å². The van der Waals surface area contributed by atoms with Gasteiger partial charge in [-0.1, -0.05) is 0 Å². The minimum atomic E-state index is -1.05. The molecule has 3 amide bonds. The quantitative estimate of drug-likeness (QED) is 0.337. The minimum absolute atomic E-state index is 0.0350. The lowest BCUT2D eigenvalue weighted by atomic mass is 10.2. The van der Waals surface area contributed by atoms with Crippen molar-refractivity contribution in [2.45, 2.75) is 65.7 Å². The summed E-state index contributed by atoms with van der Waals surface area (Å²) in [5.74, 6) is 0.00474. The van der Waals surface area contributed by atoms with Crippen molar-refractivity contribution in [2.75, 3.05) is 81.9 Å². The van der Waals surface area contributed by atoms with Crippen LogP contribution in [-0.2, 0) is 25.5 Å². The van der Waals surface area contributed by atoms with Crippen molar-refractivity contribution in [2.24, 2.45) is 0 Å². The van der Waals surface area contributed by atoms with E-state index in [1.54, 1.807) is 53.9 Å². The van der Waals surface area contributed by atoms with E-state index >= 15 is 0 Å². The van der Waals surface area contributed by atoms with Gasteiger partial charge in [-0.25, -0.2) is 39.2 Å². The van der Waals surface area contributed by atoms with E-state index in [0.29, 0.717) is 63.3 Å². The molecule has 274 valence electrons. The third-order valence-electron chi connectivity index (χ3n) is 7.73. The fraction of sp³-hybridized carbons (Fsp3) is 0.636. The van der Waals surface area contributed by atoms with Gasteiger partial charge in [0.2, 0.25) is 17.8 Å². The molecule has 17 heteroatoms. The number of amides is 3. The molecule has 2 aliphatic rings. The molecule has 0 bridgehead atoms. The van der Waals surface area contributed by atoms with E-state index in [1.165, 1.54) is 12.4 Å². The molecule has 0 spiro atoms. The number of carbonyl (C=O) groups is 4. The second-order valence-electron chi connectivity index (χ2n) is 14.1. The lowest BCUT2D eigenvalue weighted by Crippen LogP contribution is -2.49. The molecule has 4 rings (SSSR count). The van der Waals surface area contributed by atoms with Crippen LogP contribution in [0, 0.1) is 0 Å². The maximum atomic E-state index is 12.8.